The second-order valence-electron chi connectivity index (χ2n) is 7.16. The van der Waals surface area contributed by atoms with Crippen LogP contribution in [0.3, 0.4) is 0 Å². The van der Waals surface area contributed by atoms with Crippen molar-refractivity contribution in [2.75, 3.05) is 32.9 Å². The molecule has 2 amide bonds. The Bertz CT molecular complexity index is 835. The zero-order chi connectivity index (χ0) is 20.6. The van der Waals surface area contributed by atoms with E-state index in [1.165, 1.54) is 12.3 Å². The average Bonchev–Trinajstić information content (AvgIpc) is 3.25. The molecule has 0 saturated carbocycles. The molecule has 0 atom stereocenters. The first-order valence-electron chi connectivity index (χ1n) is 9.69. The largest absolute Gasteiger partial charge is 0.493 e. The van der Waals surface area contributed by atoms with Gasteiger partial charge in [-0.15, -0.1) is 0 Å². The van der Waals surface area contributed by atoms with Crippen LogP contribution in [0, 0.1) is 5.92 Å². The van der Waals surface area contributed by atoms with Gasteiger partial charge in [-0.05, 0) is 42.3 Å². The Labute approximate surface area is 170 Å². The van der Waals surface area contributed by atoms with Gasteiger partial charge in [-0.25, -0.2) is 0 Å². The van der Waals surface area contributed by atoms with Crippen molar-refractivity contribution in [1.29, 1.82) is 0 Å². The van der Waals surface area contributed by atoms with Crippen molar-refractivity contribution < 1.29 is 23.5 Å². The molecule has 1 aliphatic heterocycles. The van der Waals surface area contributed by atoms with Crippen molar-refractivity contribution in [1.82, 2.24) is 10.2 Å². The molecule has 29 heavy (non-hydrogen) atoms. The fraction of sp³-hybridized carbons (Fsp3) is 0.364. The molecular weight excluding hydrogens is 372 g/mol. The minimum absolute atomic E-state index is 0.159. The van der Waals surface area contributed by atoms with E-state index in [1.54, 1.807) is 41.3 Å². The number of hydrogen-bond acceptors (Lipinski definition) is 5. The second-order valence-corrected chi connectivity index (χ2v) is 7.16. The number of ether oxygens (including phenoxy) is 2. The minimum atomic E-state index is -0.375. The minimum Gasteiger partial charge on any atom is -0.493 e. The summed E-state index contributed by atoms with van der Waals surface area (Å²) < 4.78 is 16.3. The van der Waals surface area contributed by atoms with Crippen LogP contribution in [-0.4, -0.2) is 49.6 Å². The zero-order valence-corrected chi connectivity index (χ0v) is 16.7. The van der Waals surface area contributed by atoms with Crippen LogP contribution in [0.25, 0.3) is 6.08 Å². The molecule has 1 N–H and O–H groups in total. The van der Waals surface area contributed by atoms with Crippen molar-refractivity contribution in [3.63, 3.8) is 0 Å². The highest BCUT2D eigenvalue weighted by molar-refractivity contribution is 6.05. The molecule has 7 heteroatoms. The summed E-state index contributed by atoms with van der Waals surface area (Å²) >= 11 is 0. The quantitative estimate of drug-likeness (QED) is 0.726. The van der Waals surface area contributed by atoms with Crippen molar-refractivity contribution in [2.24, 2.45) is 5.92 Å². The number of furan rings is 1. The van der Waals surface area contributed by atoms with E-state index in [0.29, 0.717) is 55.9 Å². The van der Waals surface area contributed by atoms with Gasteiger partial charge in [-0.3, -0.25) is 9.59 Å². The van der Waals surface area contributed by atoms with Gasteiger partial charge >= 0.3 is 0 Å². The molecule has 0 spiro atoms. The van der Waals surface area contributed by atoms with Gasteiger partial charge in [0.15, 0.2) is 0 Å². The van der Waals surface area contributed by atoms with E-state index in [-0.39, 0.29) is 17.5 Å². The molecule has 1 fully saturated rings. The maximum Gasteiger partial charge on any atom is 0.270 e. The van der Waals surface area contributed by atoms with Crippen LogP contribution in [0.1, 0.15) is 30.0 Å². The van der Waals surface area contributed by atoms with Crippen molar-refractivity contribution in [3.05, 3.63) is 59.7 Å². The molecule has 1 aromatic carbocycles. The normalized spacial score (nSPS) is 14.7. The first-order valence-corrected chi connectivity index (χ1v) is 9.69. The SMILES string of the molecule is CC(C)COc1ccc(C(=O)N/C(=C/c2ccco2)C(=O)N2CCOCC2)cc1. The van der Waals surface area contributed by atoms with E-state index in [9.17, 15) is 9.59 Å². The standard InChI is InChI=1S/C22H26N2O5/c1-16(2)15-29-18-7-5-17(6-8-18)21(25)23-20(14-19-4-3-11-28-19)22(26)24-9-12-27-13-10-24/h3-8,11,14,16H,9-10,12-13,15H2,1-2H3,(H,23,25)/b20-14+. The van der Waals surface area contributed by atoms with Gasteiger partial charge in [0, 0.05) is 24.7 Å². The van der Waals surface area contributed by atoms with Crippen LogP contribution in [0.2, 0.25) is 0 Å². The number of nitrogens with one attached hydrogen (secondary N) is 1. The molecule has 0 bridgehead atoms. The van der Waals surface area contributed by atoms with Crippen LogP contribution >= 0.6 is 0 Å². The predicted octanol–water partition coefficient (Wildman–Crippen LogP) is 2.94. The topological polar surface area (TPSA) is 81.0 Å². The van der Waals surface area contributed by atoms with Gasteiger partial charge in [-0.1, -0.05) is 13.8 Å². The average molecular weight is 398 g/mol. The molecule has 1 aliphatic rings. The van der Waals surface area contributed by atoms with Gasteiger partial charge in [0.1, 0.15) is 17.2 Å². The highest BCUT2D eigenvalue weighted by atomic mass is 16.5. The van der Waals surface area contributed by atoms with Crippen LogP contribution < -0.4 is 10.1 Å². The monoisotopic (exact) mass is 398 g/mol. The number of amides is 2. The molecule has 154 valence electrons. The second kappa shape index (κ2) is 9.93. The molecule has 0 aliphatic carbocycles. The molecule has 2 aromatic rings. The number of benzene rings is 1. The summed E-state index contributed by atoms with van der Waals surface area (Å²) in [6.45, 7) is 6.66. The molecule has 1 aromatic heterocycles. The van der Waals surface area contributed by atoms with Crippen LogP contribution in [0.4, 0.5) is 0 Å². The molecule has 1 saturated heterocycles. The van der Waals surface area contributed by atoms with E-state index in [4.69, 9.17) is 13.9 Å². The van der Waals surface area contributed by atoms with Gasteiger partial charge in [0.05, 0.1) is 26.1 Å². The summed E-state index contributed by atoms with van der Waals surface area (Å²) in [4.78, 5) is 27.3. The third kappa shape index (κ3) is 5.96. The van der Waals surface area contributed by atoms with Crippen LogP contribution in [-0.2, 0) is 9.53 Å². The Hall–Kier alpha value is -3.06. The zero-order valence-electron chi connectivity index (χ0n) is 16.7. The molecular formula is C22H26N2O5. The number of morpholine rings is 1. The van der Waals surface area contributed by atoms with E-state index in [1.807, 2.05) is 0 Å². The van der Waals surface area contributed by atoms with E-state index in [2.05, 4.69) is 19.2 Å². The van der Waals surface area contributed by atoms with Crippen molar-refractivity contribution >= 4 is 17.9 Å². The molecule has 7 nitrogen and oxygen atoms in total. The Morgan fingerprint density at radius 3 is 2.52 bits per heavy atom. The lowest BCUT2D eigenvalue weighted by atomic mass is 10.2. The van der Waals surface area contributed by atoms with Crippen molar-refractivity contribution in [2.45, 2.75) is 13.8 Å². The summed E-state index contributed by atoms with van der Waals surface area (Å²) in [6.07, 6.45) is 3.05. The number of nitrogens with zero attached hydrogens (tertiary/aromatic N) is 1. The maximum atomic E-state index is 12.9. The lowest BCUT2D eigenvalue weighted by molar-refractivity contribution is -0.131. The number of carbonyl (C=O) groups is 2. The van der Waals surface area contributed by atoms with E-state index in [0.717, 1.165) is 0 Å². The molecule has 0 radical (unpaired) electrons. The summed E-state index contributed by atoms with van der Waals surface area (Å²) in [6, 6.07) is 10.3. The Morgan fingerprint density at radius 2 is 1.90 bits per heavy atom. The maximum absolute atomic E-state index is 12.9. The number of carbonyl (C=O) groups excluding carboxylic acids is 2. The first kappa shape index (κ1) is 20.7. The third-order valence-corrected chi connectivity index (χ3v) is 4.31. The Morgan fingerprint density at radius 1 is 1.17 bits per heavy atom. The van der Waals surface area contributed by atoms with Crippen LogP contribution in [0.5, 0.6) is 5.75 Å². The Balaban J connectivity index is 1.73. The van der Waals surface area contributed by atoms with Crippen molar-refractivity contribution in [3.8, 4) is 5.75 Å². The molecule has 3 rings (SSSR count). The predicted molar refractivity (Wildman–Crippen MR) is 108 cm³/mol. The smallest absolute Gasteiger partial charge is 0.270 e. The third-order valence-electron chi connectivity index (χ3n) is 4.31. The van der Waals surface area contributed by atoms with E-state index < -0.39 is 0 Å². The first-order chi connectivity index (χ1) is 14.0. The summed E-state index contributed by atoms with van der Waals surface area (Å²) in [5.74, 6) is 0.957. The molecule has 0 unspecified atom stereocenters. The lowest BCUT2D eigenvalue weighted by Crippen LogP contribution is -2.44. The highest BCUT2D eigenvalue weighted by Crippen LogP contribution is 2.15. The van der Waals surface area contributed by atoms with E-state index >= 15 is 0 Å². The lowest BCUT2D eigenvalue weighted by Gasteiger charge is -2.27. The van der Waals surface area contributed by atoms with Gasteiger partial charge in [0.2, 0.25) is 0 Å². The summed E-state index contributed by atoms with van der Waals surface area (Å²) in [7, 11) is 0. The van der Waals surface area contributed by atoms with Crippen LogP contribution in [0.15, 0.2) is 52.8 Å². The van der Waals surface area contributed by atoms with Gasteiger partial charge in [0.25, 0.3) is 11.8 Å². The highest BCUT2D eigenvalue weighted by Gasteiger charge is 2.23. The number of rotatable bonds is 7. The summed E-state index contributed by atoms with van der Waals surface area (Å²) in [5, 5.41) is 2.73. The fourth-order valence-electron chi connectivity index (χ4n) is 2.76. The number of hydrogen-bond donors (Lipinski definition) is 1. The molecule has 2 heterocycles. The summed E-state index contributed by atoms with van der Waals surface area (Å²) in [5.41, 5.74) is 0.592. The van der Waals surface area contributed by atoms with Gasteiger partial charge < -0.3 is 24.1 Å². The fourth-order valence-corrected chi connectivity index (χ4v) is 2.76. The Kier molecular flexibility index (Phi) is 7.08. The van der Waals surface area contributed by atoms with Gasteiger partial charge in [-0.2, -0.15) is 0 Å².